The Morgan fingerprint density at radius 3 is 2.73 bits per heavy atom. The average Bonchev–Trinajstić information content (AvgIpc) is 2.64. The van der Waals surface area contributed by atoms with Crippen molar-refractivity contribution in [3.05, 3.63) is 0 Å². The fraction of sp³-hybridized carbons (Fsp3) is 0.909. The van der Waals surface area contributed by atoms with Gasteiger partial charge in [-0.25, -0.2) is 0 Å². The average molecular weight is 211 g/mol. The number of nitrogens with zero attached hydrogens (tertiary/aromatic N) is 2. The minimum absolute atomic E-state index is 0.250. The van der Waals surface area contributed by atoms with Crippen molar-refractivity contribution < 1.29 is 4.79 Å². The van der Waals surface area contributed by atoms with Gasteiger partial charge in [-0.3, -0.25) is 4.79 Å². The predicted molar refractivity (Wildman–Crippen MR) is 59.6 cm³/mol. The van der Waals surface area contributed by atoms with E-state index >= 15 is 0 Å². The molecule has 0 saturated carbocycles. The molecule has 4 heteroatoms. The minimum Gasteiger partial charge on any atom is -0.340 e. The molecule has 15 heavy (non-hydrogen) atoms. The van der Waals surface area contributed by atoms with E-state index in [0.717, 1.165) is 39.1 Å². The van der Waals surface area contributed by atoms with Crippen LogP contribution in [0.1, 0.15) is 13.3 Å². The number of rotatable bonds is 1. The first-order valence-electron chi connectivity index (χ1n) is 5.87. The monoisotopic (exact) mass is 211 g/mol. The molecule has 2 saturated heterocycles. The van der Waals surface area contributed by atoms with Crippen molar-refractivity contribution in [2.24, 2.45) is 5.92 Å². The van der Waals surface area contributed by atoms with Crippen molar-refractivity contribution in [2.75, 3.05) is 39.8 Å². The van der Waals surface area contributed by atoms with Gasteiger partial charge in [0.05, 0.1) is 5.92 Å². The van der Waals surface area contributed by atoms with Gasteiger partial charge in [0.15, 0.2) is 0 Å². The van der Waals surface area contributed by atoms with Crippen LogP contribution in [0.2, 0.25) is 0 Å². The van der Waals surface area contributed by atoms with Crippen molar-refractivity contribution in [3.8, 4) is 0 Å². The van der Waals surface area contributed by atoms with Gasteiger partial charge in [0.2, 0.25) is 5.91 Å². The molecular weight excluding hydrogens is 190 g/mol. The van der Waals surface area contributed by atoms with Crippen molar-refractivity contribution in [1.29, 1.82) is 0 Å². The highest BCUT2D eigenvalue weighted by Crippen LogP contribution is 2.17. The van der Waals surface area contributed by atoms with Crippen LogP contribution in [-0.2, 0) is 4.79 Å². The second-order valence-electron chi connectivity index (χ2n) is 4.89. The Kier molecular flexibility index (Phi) is 3.26. The van der Waals surface area contributed by atoms with E-state index in [2.05, 4.69) is 24.2 Å². The summed E-state index contributed by atoms with van der Waals surface area (Å²) in [7, 11) is 2.09. The first-order valence-corrected chi connectivity index (χ1v) is 5.87. The van der Waals surface area contributed by atoms with E-state index in [4.69, 9.17) is 0 Å². The van der Waals surface area contributed by atoms with Crippen LogP contribution >= 0.6 is 0 Å². The van der Waals surface area contributed by atoms with Gasteiger partial charge in [-0.1, -0.05) is 0 Å². The first kappa shape index (κ1) is 10.9. The fourth-order valence-corrected chi connectivity index (χ4v) is 2.53. The molecular formula is C11H21N3O. The zero-order valence-corrected chi connectivity index (χ0v) is 9.70. The van der Waals surface area contributed by atoms with Crippen LogP contribution in [0, 0.1) is 5.92 Å². The third kappa shape index (κ3) is 2.49. The molecule has 0 aliphatic carbocycles. The fourth-order valence-electron chi connectivity index (χ4n) is 2.53. The molecule has 1 N–H and O–H groups in total. The molecule has 0 spiro atoms. The molecule has 86 valence electrons. The zero-order valence-electron chi connectivity index (χ0n) is 9.70. The van der Waals surface area contributed by atoms with E-state index in [1.54, 1.807) is 0 Å². The third-order valence-corrected chi connectivity index (χ3v) is 3.42. The number of amides is 1. The quantitative estimate of drug-likeness (QED) is 0.650. The molecule has 0 aromatic rings. The summed E-state index contributed by atoms with van der Waals surface area (Å²) in [4.78, 5) is 16.4. The number of likely N-dealkylation sites (tertiary alicyclic amines) is 1. The topological polar surface area (TPSA) is 35.6 Å². The van der Waals surface area contributed by atoms with E-state index in [1.807, 2.05) is 4.90 Å². The lowest BCUT2D eigenvalue weighted by Crippen LogP contribution is -2.53. The number of carbonyl (C=O) groups excluding carboxylic acids is 1. The van der Waals surface area contributed by atoms with Crippen LogP contribution in [0.15, 0.2) is 0 Å². The van der Waals surface area contributed by atoms with E-state index < -0.39 is 0 Å². The van der Waals surface area contributed by atoms with Crippen LogP contribution in [0.3, 0.4) is 0 Å². The molecule has 0 radical (unpaired) electrons. The maximum atomic E-state index is 12.2. The summed E-state index contributed by atoms with van der Waals surface area (Å²) in [5.41, 5.74) is 0. The molecule has 2 rings (SSSR count). The predicted octanol–water partition coefficient (Wildman–Crippen LogP) is -0.242. The van der Waals surface area contributed by atoms with Gasteiger partial charge in [-0.05, 0) is 26.9 Å². The lowest BCUT2D eigenvalue weighted by atomic mass is 10.1. The molecule has 2 aliphatic heterocycles. The summed E-state index contributed by atoms with van der Waals surface area (Å²) in [5, 5.41) is 3.36. The molecule has 4 nitrogen and oxygen atoms in total. The van der Waals surface area contributed by atoms with Crippen molar-refractivity contribution in [1.82, 2.24) is 15.1 Å². The Morgan fingerprint density at radius 2 is 2.13 bits per heavy atom. The van der Waals surface area contributed by atoms with Crippen molar-refractivity contribution in [2.45, 2.75) is 19.4 Å². The van der Waals surface area contributed by atoms with Crippen LogP contribution in [0.4, 0.5) is 0 Å². The highest BCUT2D eigenvalue weighted by Gasteiger charge is 2.31. The lowest BCUT2D eigenvalue weighted by molar-refractivity contribution is -0.136. The number of piperazine rings is 1. The highest BCUT2D eigenvalue weighted by molar-refractivity contribution is 5.79. The van der Waals surface area contributed by atoms with Gasteiger partial charge in [-0.2, -0.15) is 0 Å². The molecule has 0 aromatic carbocycles. The van der Waals surface area contributed by atoms with Gasteiger partial charge in [0.1, 0.15) is 0 Å². The van der Waals surface area contributed by atoms with Crippen LogP contribution in [-0.4, -0.2) is 61.5 Å². The largest absolute Gasteiger partial charge is 0.340 e. The highest BCUT2D eigenvalue weighted by atomic mass is 16.2. The Labute approximate surface area is 91.6 Å². The summed E-state index contributed by atoms with van der Waals surface area (Å²) in [6.07, 6.45) is 1.04. The van der Waals surface area contributed by atoms with Crippen LogP contribution in [0.25, 0.3) is 0 Å². The SMILES string of the molecule is C[C@H]1CN(C(=O)C2CCN(C)C2)CCN1. The van der Waals surface area contributed by atoms with Crippen LogP contribution in [0.5, 0.6) is 0 Å². The Hall–Kier alpha value is -0.610. The summed E-state index contributed by atoms with van der Waals surface area (Å²) in [5.74, 6) is 0.619. The molecule has 2 atom stereocenters. The molecule has 0 aromatic heterocycles. The zero-order chi connectivity index (χ0) is 10.8. The van der Waals surface area contributed by atoms with Gasteiger partial charge >= 0.3 is 0 Å². The number of carbonyl (C=O) groups is 1. The Morgan fingerprint density at radius 1 is 1.33 bits per heavy atom. The number of hydrogen-bond acceptors (Lipinski definition) is 3. The molecule has 0 bridgehead atoms. The van der Waals surface area contributed by atoms with Crippen molar-refractivity contribution in [3.63, 3.8) is 0 Å². The smallest absolute Gasteiger partial charge is 0.227 e. The number of nitrogens with one attached hydrogen (secondary N) is 1. The van der Waals surface area contributed by atoms with Gasteiger partial charge < -0.3 is 15.1 Å². The van der Waals surface area contributed by atoms with Crippen molar-refractivity contribution >= 4 is 5.91 Å². The van der Waals surface area contributed by atoms with Crippen LogP contribution < -0.4 is 5.32 Å². The van der Waals surface area contributed by atoms with E-state index in [1.165, 1.54) is 0 Å². The maximum absolute atomic E-state index is 12.2. The lowest BCUT2D eigenvalue weighted by Gasteiger charge is -2.33. The van der Waals surface area contributed by atoms with Gasteiger partial charge in [0, 0.05) is 32.2 Å². The van der Waals surface area contributed by atoms with E-state index in [0.29, 0.717) is 11.9 Å². The van der Waals surface area contributed by atoms with E-state index in [-0.39, 0.29) is 5.92 Å². The molecule has 2 aliphatic rings. The summed E-state index contributed by atoms with van der Waals surface area (Å²) < 4.78 is 0. The minimum atomic E-state index is 0.250. The first-order chi connectivity index (χ1) is 7.16. The summed E-state index contributed by atoms with van der Waals surface area (Å²) >= 11 is 0. The molecule has 2 heterocycles. The van der Waals surface area contributed by atoms with Gasteiger partial charge in [0.25, 0.3) is 0 Å². The number of hydrogen-bond donors (Lipinski definition) is 1. The maximum Gasteiger partial charge on any atom is 0.227 e. The van der Waals surface area contributed by atoms with Gasteiger partial charge in [-0.15, -0.1) is 0 Å². The Balaban J connectivity index is 1.89. The van der Waals surface area contributed by atoms with E-state index in [9.17, 15) is 4.79 Å². The normalized spacial score (nSPS) is 33.3. The second kappa shape index (κ2) is 4.49. The molecule has 1 unspecified atom stereocenters. The molecule has 1 amide bonds. The summed E-state index contributed by atoms with van der Waals surface area (Å²) in [6.45, 7) is 6.84. The summed E-state index contributed by atoms with van der Waals surface area (Å²) in [6, 6.07) is 0.446. The second-order valence-corrected chi connectivity index (χ2v) is 4.89. The third-order valence-electron chi connectivity index (χ3n) is 3.42. The standard InChI is InChI=1S/C11H21N3O/c1-9-7-14(6-4-12-9)11(15)10-3-5-13(2)8-10/h9-10,12H,3-8H2,1-2H3/t9-,10?/m0/s1. The molecule has 2 fully saturated rings. The Bertz CT molecular complexity index is 244.